The summed E-state index contributed by atoms with van der Waals surface area (Å²) in [5.74, 6) is 0.737. The zero-order valence-corrected chi connectivity index (χ0v) is 13.2. The Morgan fingerprint density at radius 1 is 1.42 bits per heavy atom. The molecular weight excluding hydrogens is 234 g/mol. The van der Waals surface area contributed by atoms with Crippen molar-refractivity contribution in [1.29, 1.82) is 5.26 Å². The quantitative estimate of drug-likeness (QED) is 0.659. The molecule has 0 amide bonds. The molecule has 1 aliphatic carbocycles. The van der Waals surface area contributed by atoms with Crippen LogP contribution < -0.4 is 5.32 Å². The number of nitrogens with zero attached hydrogens (tertiary/aromatic N) is 2. The van der Waals surface area contributed by atoms with Crippen LogP contribution in [0.2, 0.25) is 0 Å². The van der Waals surface area contributed by atoms with Crippen molar-refractivity contribution in [3.8, 4) is 6.07 Å². The fourth-order valence-corrected chi connectivity index (χ4v) is 2.55. The number of nitriles is 1. The number of hydrogen-bond acceptors (Lipinski definition) is 3. The van der Waals surface area contributed by atoms with Crippen LogP contribution in [0.5, 0.6) is 0 Å². The molecule has 1 fully saturated rings. The zero-order chi connectivity index (χ0) is 14.3. The smallest absolute Gasteiger partial charge is 0.103 e. The molecule has 0 aromatic rings. The van der Waals surface area contributed by atoms with Crippen LogP contribution >= 0.6 is 0 Å². The van der Waals surface area contributed by atoms with Crippen LogP contribution in [0.25, 0.3) is 0 Å². The summed E-state index contributed by atoms with van der Waals surface area (Å²) in [5.41, 5.74) is -0.344. The van der Waals surface area contributed by atoms with Crippen molar-refractivity contribution in [2.24, 2.45) is 5.92 Å². The third-order valence-electron chi connectivity index (χ3n) is 3.80. The van der Waals surface area contributed by atoms with E-state index in [0.29, 0.717) is 0 Å². The summed E-state index contributed by atoms with van der Waals surface area (Å²) in [6.07, 6.45) is 5.89. The van der Waals surface area contributed by atoms with E-state index >= 15 is 0 Å². The Morgan fingerprint density at radius 2 is 2.11 bits per heavy atom. The molecule has 1 saturated carbocycles. The average molecular weight is 265 g/mol. The summed E-state index contributed by atoms with van der Waals surface area (Å²) in [6, 6.07) is 3.28. The van der Waals surface area contributed by atoms with Gasteiger partial charge in [0.2, 0.25) is 0 Å². The van der Waals surface area contributed by atoms with E-state index in [2.05, 4.69) is 37.1 Å². The van der Waals surface area contributed by atoms with Gasteiger partial charge in [-0.2, -0.15) is 5.26 Å². The van der Waals surface area contributed by atoms with Crippen molar-refractivity contribution in [2.45, 2.75) is 71.4 Å². The fraction of sp³-hybridized carbons (Fsp3) is 0.938. The van der Waals surface area contributed by atoms with Crippen molar-refractivity contribution in [1.82, 2.24) is 10.2 Å². The SMILES string of the molecule is CCCNC(C)(C#N)CCCN(CC(C)C)C1CC1. The molecule has 1 aliphatic rings. The van der Waals surface area contributed by atoms with Gasteiger partial charge in [0.05, 0.1) is 6.07 Å². The first-order valence-electron chi connectivity index (χ1n) is 7.91. The van der Waals surface area contributed by atoms with Crippen LogP contribution in [0.1, 0.15) is 59.8 Å². The molecule has 1 rings (SSSR count). The molecule has 0 bridgehead atoms. The van der Waals surface area contributed by atoms with Gasteiger partial charge in [0.25, 0.3) is 0 Å². The molecule has 110 valence electrons. The third-order valence-corrected chi connectivity index (χ3v) is 3.80. The van der Waals surface area contributed by atoms with Crippen LogP contribution in [0.4, 0.5) is 0 Å². The Bertz CT molecular complexity index is 291. The van der Waals surface area contributed by atoms with E-state index in [-0.39, 0.29) is 5.54 Å². The van der Waals surface area contributed by atoms with Gasteiger partial charge in [-0.15, -0.1) is 0 Å². The lowest BCUT2D eigenvalue weighted by Crippen LogP contribution is -2.42. The highest BCUT2D eigenvalue weighted by molar-refractivity contribution is 5.03. The molecule has 1 atom stereocenters. The summed E-state index contributed by atoms with van der Waals surface area (Å²) >= 11 is 0. The van der Waals surface area contributed by atoms with Gasteiger partial charge in [0.15, 0.2) is 0 Å². The molecule has 0 aliphatic heterocycles. The number of rotatable bonds is 10. The van der Waals surface area contributed by atoms with Crippen LogP contribution in [0, 0.1) is 17.2 Å². The molecular formula is C16H31N3. The highest BCUT2D eigenvalue weighted by atomic mass is 15.2. The van der Waals surface area contributed by atoms with E-state index < -0.39 is 0 Å². The van der Waals surface area contributed by atoms with Crippen molar-refractivity contribution >= 4 is 0 Å². The first-order valence-corrected chi connectivity index (χ1v) is 7.91. The van der Waals surface area contributed by atoms with Gasteiger partial charge in [0, 0.05) is 12.6 Å². The summed E-state index contributed by atoms with van der Waals surface area (Å²) in [5, 5.41) is 12.7. The van der Waals surface area contributed by atoms with Crippen LogP contribution in [-0.2, 0) is 0 Å². The summed E-state index contributed by atoms with van der Waals surface area (Å²) < 4.78 is 0. The average Bonchev–Trinajstić information content (AvgIpc) is 3.19. The predicted molar refractivity (Wildman–Crippen MR) is 81.0 cm³/mol. The standard InChI is InChI=1S/C16H31N3/c1-5-10-18-16(4,13-17)9-6-11-19(12-14(2)3)15-7-8-15/h14-15,18H,5-12H2,1-4H3. The second-order valence-corrected chi connectivity index (χ2v) is 6.59. The minimum Gasteiger partial charge on any atom is -0.300 e. The van der Waals surface area contributed by atoms with Gasteiger partial charge in [-0.3, -0.25) is 5.32 Å². The van der Waals surface area contributed by atoms with Crippen LogP contribution in [0.3, 0.4) is 0 Å². The maximum absolute atomic E-state index is 9.32. The van der Waals surface area contributed by atoms with E-state index in [0.717, 1.165) is 44.3 Å². The number of nitrogens with one attached hydrogen (secondary N) is 1. The fourth-order valence-electron chi connectivity index (χ4n) is 2.55. The molecule has 1 unspecified atom stereocenters. The molecule has 3 heteroatoms. The van der Waals surface area contributed by atoms with Crippen molar-refractivity contribution < 1.29 is 0 Å². The molecule has 3 nitrogen and oxygen atoms in total. The summed E-state index contributed by atoms with van der Waals surface area (Å²) in [6.45, 7) is 12.0. The van der Waals surface area contributed by atoms with E-state index in [1.165, 1.54) is 19.4 Å². The Hall–Kier alpha value is -0.590. The Morgan fingerprint density at radius 3 is 2.58 bits per heavy atom. The topological polar surface area (TPSA) is 39.1 Å². The maximum atomic E-state index is 9.32. The van der Waals surface area contributed by atoms with Gasteiger partial charge in [-0.1, -0.05) is 20.8 Å². The molecule has 0 aromatic carbocycles. The minimum atomic E-state index is -0.344. The van der Waals surface area contributed by atoms with Gasteiger partial charge in [-0.05, 0) is 58.0 Å². The van der Waals surface area contributed by atoms with E-state index in [9.17, 15) is 5.26 Å². The largest absolute Gasteiger partial charge is 0.300 e. The Kier molecular flexibility index (Phi) is 6.82. The van der Waals surface area contributed by atoms with Crippen LogP contribution in [-0.4, -0.2) is 36.1 Å². The molecule has 0 radical (unpaired) electrons. The monoisotopic (exact) mass is 265 g/mol. The van der Waals surface area contributed by atoms with Crippen LogP contribution in [0.15, 0.2) is 0 Å². The van der Waals surface area contributed by atoms with Gasteiger partial charge >= 0.3 is 0 Å². The van der Waals surface area contributed by atoms with Gasteiger partial charge in [0.1, 0.15) is 5.54 Å². The molecule has 0 saturated heterocycles. The molecule has 19 heavy (non-hydrogen) atoms. The molecule has 0 heterocycles. The highest BCUT2D eigenvalue weighted by Crippen LogP contribution is 2.28. The first-order chi connectivity index (χ1) is 9.00. The minimum absolute atomic E-state index is 0.344. The summed E-state index contributed by atoms with van der Waals surface area (Å²) in [4.78, 5) is 2.63. The lowest BCUT2D eigenvalue weighted by molar-refractivity contribution is 0.223. The van der Waals surface area contributed by atoms with Gasteiger partial charge in [-0.25, -0.2) is 0 Å². The highest BCUT2D eigenvalue weighted by Gasteiger charge is 2.29. The van der Waals surface area contributed by atoms with Crippen molar-refractivity contribution in [3.63, 3.8) is 0 Å². The molecule has 1 N–H and O–H groups in total. The zero-order valence-electron chi connectivity index (χ0n) is 13.2. The maximum Gasteiger partial charge on any atom is 0.103 e. The normalized spacial score (nSPS) is 18.6. The Balaban J connectivity index is 2.31. The lowest BCUT2D eigenvalue weighted by atomic mass is 9.97. The van der Waals surface area contributed by atoms with Crippen molar-refractivity contribution in [3.05, 3.63) is 0 Å². The lowest BCUT2D eigenvalue weighted by Gasteiger charge is -2.27. The van der Waals surface area contributed by atoms with E-state index in [4.69, 9.17) is 0 Å². The first kappa shape index (κ1) is 16.5. The predicted octanol–water partition coefficient (Wildman–Crippen LogP) is 3.17. The second kappa shape index (κ2) is 7.87. The van der Waals surface area contributed by atoms with Crippen molar-refractivity contribution in [2.75, 3.05) is 19.6 Å². The second-order valence-electron chi connectivity index (χ2n) is 6.59. The summed E-state index contributed by atoms with van der Waals surface area (Å²) in [7, 11) is 0. The van der Waals surface area contributed by atoms with E-state index in [1.54, 1.807) is 0 Å². The third kappa shape index (κ3) is 6.40. The van der Waals surface area contributed by atoms with Gasteiger partial charge < -0.3 is 4.90 Å². The molecule has 0 spiro atoms. The molecule has 0 aromatic heterocycles. The Labute approximate surface area is 119 Å². The van der Waals surface area contributed by atoms with E-state index in [1.807, 2.05) is 6.92 Å². The number of hydrogen-bond donors (Lipinski definition) is 1.